The van der Waals surface area contributed by atoms with Gasteiger partial charge in [0.1, 0.15) is 0 Å². The van der Waals surface area contributed by atoms with Gasteiger partial charge in [-0.1, -0.05) is 0 Å². The number of carbonyl (C=O) groups is 1. The van der Waals surface area contributed by atoms with Crippen molar-refractivity contribution in [3.8, 4) is 0 Å². The molecule has 0 saturated carbocycles. The summed E-state index contributed by atoms with van der Waals surface area (Å²) in [5.74, 6) is -0.972. The number of hydrogen-bond donors (Lipinski definition) is 1. The number of aliphatic carboxylic acids is 1. The minimum atomic E-state index is -3.39. The lowest BCUT2D eigenvalue weighted by Crippen LogP contribution is -2.12. The molecular weight excluding hydrogens is 232 g/mol. The predicted octanol–water partition coefficient (Wildman–Crippen LogP) is 0.449. The summed E-state index contributed by atoms with van der Waals surface area (Å²) in [5.41, 5.74) is 0. The van der Waals surface area contributed by atoms with Crippen LogP contribution in [0, 0.1) is 0 Å². The maximum atomic E-state index is 11.7. The van der Waals surface area contributed by atoms with Gasteiger partial charge in [0.05, 0.1) is 5.75 Å². The molecule has 1 aromatic heterocycles. The molecular formula is C9H14N2O4S. The zero-order valence-corrected chi connectivity index (χ0v) is 9.77. The number of nitrogens with zero attached hydrogens (tertiary/aromatic N) is 2. The third kappa shape index (κ3) is 3.34. The standard InChI is InChI=1S/C9H14N2O4S/c1-11-6-5-10-9(11)16(14,15)7-3-2-4-8(12)13/h5-6H,2-4,7H2,1H3,(H,12,13). The van der Waals surface area contributed by atoms with E-state index >= 15 is 0 Å². The van der Waals surface area contributed by atoms with Crippen molar-refractivity contribution in [2.45, 2.75) is 24.4 Å². The molecule has 0 aliphatic heterocycles. The Morgan fingerprint density at radius 3 is 2.69 bits per heavy atom. The molecule has 0 unspecified atom stereocenters. The van der Waals surface area contributed by atoms with Crippen LogP contribution in [0.25, 0.3) is 0 Å². The highest BCUT2D eigenvalue weighted by Crippen LogP contribution is 2.10. The fourth-order valence-corrected chi connectivity index (χ4v) is 2.80. The Hall–Kier alpha value is -1.37. The molecule has 0 aliphatic rings. The number of rotatable bonds is 6. The molecule has 0 amide bonds. The average molecular weight is 246 g/mol. The first kappa shape index (κ1) is 12.7. The summed E-state index contributed by atoms with van der Waals surface area (Å²) in [5, 5.41) is 8.44. The summed E-state index contributed by atoms with van der Waals surface area (Å²) in [6.45, 7) is 0. The van der Waals surface area contributed by atoms with E-state index in [2.05, 4.69) is 4.98 Å². The topological polar surface area (TPSA) is 89.3 Å². The minimum absolute atomic E-state index is 0.00388. The number of imidazole rings is 1. The van der Waals surface area contributed by atoms with E-state index in [0.717, 1.165) is 0 Å². The Bertz CT molecular complexity index is 464. The average Bonchev–Trinajstić information content (AvgIpc) is 2.59. The Morgan fingerprint density at radius 1 is 1.50 bits per heavy atom. The normalized spacial score (nSPS) is 11.6. The molecule has 0 fully saturated rings. The Balaban J connectivity index is 2.54. The van der Waals surface area contributed by atoms with E-state index in [4.69, 9.17) is 5.11 Å². The van der Waals surface area contributed by atoms with E-state index in [1.165, 1.54) is 10.8 Å². The van der Waals surface area contributed by atoms with E-state index in [1.54, 1.807) is 13.2 Å². The van der Waals surface area contributed by atoms with Gasteiger partial charge >= 0.3 is 5.97 Å². The number of carboxylic acid groups (broad SMARTS) is 1. The maximum absolute atomic E-state index is 11.7. The summed E-state index contributed by atoms with van der Waals surface area (Å²) in [6.07, 6.45) is 3.67. The molecule has 0 atom stereocenters. The second kappa shape index (κ2) is 5.11. The van der Waals surface area contributed by atoms with Crippen LogP contribution >= 0.6 is 0 Å². The first-order valence-corrected chi connectivity index (χ1v) is 6.50. The molecule has 0 bridgehead atoms. The number of aryl methyl sites for hydroxylation is 1. The van der Waals surface area contributed by atoms with Gasteiger partial charge in [-0.15, -0.1) is 0 Å². The number of carboxylic acids is 1. The number of sulfone groups is 1. The van der Waals surface area contributed by atoms with Crippen molar-refractivity contribution in [2.75, 3.05) is 5.75 Å². The lowest BCUT2D eigenvalue weighted by Gasteiger charge is -2.03. The van der Waals surface area contributed by atoms with Gasteiger partial charge in [0.25, 0.3) is 0 Å². The van der Waals surface area contributed by atoms with Gasteiger partial charge in [-0.2, -0.15) is 0 Å². The fourth-order valence-electron chi connectivity index (χ4n) is 1.31. The molecule has 6 nitrogen and oxygen atoms in total. The molecule has 0 aliphatic carbocycles. The molecule has 1 rings (SSSR count). The SMILES string of the molecule is Cn1ccnc1S(=O)(=O)CCCCC(=O)O. The van der Waals surface area contributed by atoms with Crippen LogP contribution in [0.4, 0.5) is 0 Å². The van der Waals surface area contributed by atoms with E-state index < -0.39 is 15.8 Å². The molecule has 1 N–H and O–H groups in total. The summed E-state index contributed by atoms with van der Waals surface area (Å²) >= 11 is 0. The maximum Gasteiger partial charge on any atom is 0.303 e. The molecule has 0 aromatic carbocycles. The number of hydrogen-bond acceptors (Lipinski definition) is 4. The van der Waals surface area contributed by atoms with Crippen molar-refractivity contribution in [2.24, 2.45) is 7.05 Å². The van der Waals surface area contributed by atoms with Gasteiger partial charge in [0.2, 0.25) is 15.0 Å². The van der Waals surface area contributed by atoms with Crippen LogP contribution in [0.2, 0.25) is 0 Å². The first-order chi connectivity index (χ1) is 7.43. The van der Waals surface area contributed by atoms with Gasteiger partial charge < -0.3 is 9.67 Å². The minimum Gasteiger partial charge on any atom is -0.481 e. The smallest absolute Gasteiger partial charge is 0.303 e. The Morgan fingerprint density at radius 2 is 2.19 bits per heavy atom. The Labute approximate surface area is 93.8 Å². The third-order valence-corrected chi connectivity index (χ3v) is 3.88. The summed E-state index contributed by atoms with van der Waals surface area (Å²) in [6, 6.07) is 0. The molecule has 16 heavy (non-hydrogen) atoms. The van der Waals surface area contributed by atoms with E-state index in [1.807, 2.05) is 0 Å². The van der Waals surface area contributed by atoms with Crippen LogP contribution in [0.15, 0.2) is 17.6 Å². The highest BCUT2D eigenvalue weighted by Gasteiger charge is 2.18. The van der Waals surface area contributed by atoms with E-state index in [9.17, 15) is 13.2 Å². The van der Waals surface area contributed by atoms with Gasteiger partial charge in [-0.3, -0.25) is 4.79 Å². The van der Waals surface area contributed by atoms with Crippen molar-refractivity contribution in [3.05, 3.63) is 12.4 Å². The zero-order chi connectivity index (χ0) is 12.2. The largest absolute Gasteiger partial charge is 0.481 e. The van der Waals surface area contributed by atoms with Crippen LogP contribution in [0.5, 0.6) is 0 Å². The van der Waals surface area contributed by atoms with E-state index in [0.29, 0.717) is 12.8 Å². The van der Waals surface area contributed by atoms with Crippen LogP contribution in [0.3, 0.4) is 0 Å². The fraction of sp³-hybridized carbons (Fsp3) is 0.556. The summed E-state index contributed by atoms with van der Waals surface area (Å²) in [7, 11) is -1.78. The predicted molar refractivity (Wildman–Crippen MR) is 56.7 cm³/mol. The molecule has 0 saturated heterocycles. The van der Waals surface area contributed by atoms with E-state index in [-0.39, 0.29) is 17.3 Å². The van der Waals surface area contributed by atoms with Gasteiger partial charge in [0.15, 0.2) is 0 Å². The molecule has 1 aromatic rings. The quantitative estimate of drug-likeness (QED) is 0.736. The highest BCUT2D eigenvalue weighted by atomic mass is 32.2. The van der Waals surface area contributed by atoms with Crippen molar-refractivity contribution in [1.29, 1.82) is 0 Å². The number of aromatic nitrogens is 2. The van der Waals surface area contributed by atoms with Gasteiger partial charge in [-0.05, 0) is 12.8 Å². The van der Waals surface area contributed by atoms with Crippen molar-refractivity contribution >= 4 is 15.8 Å². The molecule has 90 valence electrons. The van der Waals surface area contributed by atoms with Crippen molar-refractivity contribution in [1.82, 2.24) is 9.55 Å². The lowest BCUT2D eigenvalue weighted by molar-refractivity contribution is -0.137. The highest BCUT2D eigenvalue weighted by molar-refractivity contribution is 7.91. The second-order valence-electron chi connectivity index (χ2n) is 3.49. The van der Waals surface area contributed by atoms with Crippen LogP contribution in [-0.4, -0.2) is 34.8 Å². The molecule has 0 spiro atoms. The molecule has 0 radical (unpaired) electrons. The lowest BCUT2D eigenvalue weighted by atomic mass is 10.3. The zero-order valence-electron chi connectivity index (χ0n) is 8.96. The summed E-state index contributed by atoms with van der Waals surface area (Å²) in [4.78, 5) is 14.0. The van der Waals surface area contributed by atoms with Crippen molar-refractivity contribution in [3.63, 3.8) is 0 Å². The third-order valence-electron chi connectivity index (χ3n) is 2.11. The van der Waals surface area contributed by atoms with Crippen LogP contribution in [0.1, 0.15) is 19.3 Å². The molecule has 1 heterocycles. The Kier molecular flexibility index (Phi) is 4.05. The van der Waals surface area contributed by atoms with Crippen molar-refractivity contribution < 1.29 is 18.3 Å². The van der Waals surface area contributed by atoms with Gasteiger partial charge in [0, 0.05) is 25.9 Å². The van der Waals surface area contributed by atoms with Gasteiger partial charge in [-0.25, -0.2) is 13.4 Å². The second-order valence-corrected chi connectivity index (χ2v) is 5.49. The van der Waals surface area contributed by atoms with Crippen LogP contribution < -0.4 is 0 Å². The first-order valence-electron chi connectivity index (χ1n) is 4.85. The number of unbranched alkanes of at least 4 members (excludes halogenated alkanes) is 1. The summed E-state index contributed by atoms with van der Waals surface area (Å²) < 4.78 is 24.9. The monoisotopic (exact) mass is 246 g/mol. The molecule has 7 heteroatoms. The van der Waals surface area contributed by atoms with Crippen LogP contribution in [-0.2, 0) is 21.7 Å².